The maximum absolute atomic E-state index is 11.4. The second kappa shape index (κ2) is 5.99. The normalized spacial score (nSPS) is 31.7. The Bertz CT molecular complexity index is 283. The van der Waals surface area contributed by atoms with E-state index in [0.717, 1.165) is 25.7 Å². The van der Waals surface area contributed by atoms with Crippen LogP contribution < -0.4 is 5.32 Å². The first-order valence-electron chi connectivity index (χ1n) is 6.52. The highest BCUT2D eigenvalue weighted by atomic mass is 16.5. The van der Waals surface area contributed by atoms with Gasteiger partial charge < -0.3 is 20.3 Å². The first kappa shape index (κ1) is 15.4. The van der Waals surface area contributed by atoms with E-state index in [1.54, 1.807) is 0 Å². The van der Waals surface area contributed by atoms with Crippen molar-refractivity contribution in [3.63, 3.8) is 0 Å². The standard InChI is InChI=1S/C13H25NO4/c1-10-4-6-13(9-15,7-5-10)14-8-12(2,17)11(16)18-3/h10,14-15,17H,4-9H2,1-3H3. The Morgan fingerprint density at radius 1 is 1.50 bits per heavy atom. The van der Waals surface area contributed by atoms with E-state index in [4.69, 9.17) is 0 Å². The van der Waals surface area contributed by atoms with Crippen molar-refractivity contribution < 1.29 is 19.7 Å². The number of aliphatic hydroxyl groups is 2. The van der Waals surface area contributed by atoms with Crippen LogP contribution in [0.2, 0.25) is 0 Å². The molecule has 0 aromatic carbocycles. The zero-order chi connectivity index (χ0) is 13.8. The van der Waals surface area contributed by atoms with E-state index in [1.165, 1.54) is 14.0 Å². The number of methoxy groups -OCH3 is 1. The Kier molecular flexibility index (Phi) is 5.13. The lowest BCUT2D eigenvalue weighted by molar-refractivity contribution is -0.160. The molecule has 0 spiro atoms. The SMILES string of the molecule is COC(=O)C(C)(O)CNC1(CO)CCC(C)CC1. The molecule has 18 heavy (non-hydrogen) atoms. The molecule has 3 N–H and O–H groups in total. The van der Waals surface area contributed by atoms with Gasteiger partial charge in [0.1, 0.15) is 0 Å². The molecule has 0 heterocycles. The van der Waals surface area contributed by atoms with Crippen LogP contribution in [0, 0.1) is 5.92 Å². The lowest BCUT2D eigenvalue weighted by Crippen LogP contribution is -2.57. The van der Waals surface area contributed by atoms with E-state index < -0.39 is 11.6 Å². The zero-order valence-corrected chi connectivity index (χ0v) is 11.5. The number of ether oxygens (including phenoxy) is 1. The van der Waals surface area contributed by atoms with Gasteiger partial charge in [-0.2, -0.15) is 0 Å². The van der Waals surface area contributed by atoms with Crippen molar-refractivity contribution >= 4 is 5.97 Å². The topological polar surface area (TPSA) is 78.8 Å². The summed E-state index contributed by atoms with van der Waals surface area (Å²) in [7, 11) is 1.25. The van der Waals surface area contributed by atoms with Gasteiger partial charge in [-0.05, 0) is 38.5 Å². The Hall–Kier alpha value is -0.650. The summed E-state index contributed by atoms with van der Waals surface area (Å²) in [5, 5.41) is 22.7. The number of hydrogen-bond donors (Lipinski definition) is 3. The van der Waals surface area contributed by atoms with E-state index >= 15 is 0 Å². The van der Waals surface area contributed by atoms with Gasteiger partial charge in [-0.1, -0.05) is 6.92 Å². The Labute approximate surface area is 109 Å². The van der Waals surface area contributed by atoms with Crippen LogP contribution in [0.25, 0.3) is 0 Å². The maximum atomic E-state index is 11.4. The largest absolute Gasteiger partial charge is 0.467 e. The first-order chi connectivity index (χ1) is 8.35. The second-order valence-electron chi connectivity index (χ2n) is 5.74. The summed E-state index contributed by atoms with van der Waals surface area (Å²) >= 11 is 0. The van der Waals surface area contributed by atoms with Crippen LogP contribution >= 0.6 is 0 Å². The predicted molar refractivity (Wildman–Crippen MR) is 68.1 cm³/mol. The first-order valence-corrected chi connectivity index (χ1v) is 6.52. The van der Waals surface area contributed by atoms with Gasteiger partial charge in [0.2, 0.25) is 0 Å². The van der Waals surface area contributed by atoms with Crippen molar-refractivity contribution in [2.24, 2.45) is 5.92 Å². The molecule has 0 aromatic rings. The van der Waals surface area contributed by atoms with Crippen LogP contribution in [0.4, 0.5) is 0 Å². The molecule has 106 valence electrons. The average molecular weight is 259 g/mol. The summed E-state index contributed by atoms with van der Waals surface area (Å²) in [6.07, 6.45) is 3.83. The summed E-state index contributed by atoms with van der Waals surface area (Å²) in [6, 6.07) is 0. The molecule has 0 bridgehead atoms. The smallest absolute Gasteiger partial charge is 0.338 e. The molecule has 5 nitrogen and oxygen atoms in total. The van der Waals surface area contributed by atoms with Crippen molar-refractivity contribution in [3.8, 4) is 0 Å². The average Bonchev–Trinajstić information content (AvgIpc) is 2.38. The van der Waals surface area contributed by atoms with Crippen LogP contribution in [0.15, 0.2) is 0 Å². The third kappa shape index (κ3) is 3.67. The van der Waals surface area contributed by atoms with E-state index in [0.29, 0.717) is 5.92 Å². The maximum Gasteiger partial charge on any atom is 0.338 e. The highest BCUT2D eigenvalue weighted by Crippen LogP contribution is 2.31. The summed E-state index contributed by atoms with van der Waals surface area (Å²) in [5.74, 6) is 0.0138. The quantitative estimate of drug-likeness (QED) is 0.624. The summed E-state index contributed by atoms with van der Waals surface area (Å²) < 4.78 is 4.55. The lowest BCUT2D eigenvalue weighted by Gasteiger charge is -2.40. The monoisotopic (exact) mass is 259 g/mol. The number of β-amino-alcohol motifs (C(OH)–C–C–N with tert-alkyl or cyclic N) is 1. The van der Waals surface area contributed by atoms with E-state index in [-0.39, 0.29) is 18.7 Å². The fourth-order valence-corrected chi connectivity index (χ4v) is 2.36. The van der Waals surface area contributed by atoms with Gasteiger partial charge in [-0.3, -0.25) is 0 Å². The van der Waals surface area contributed by atoms with Gasteiger partial charge >= 0.3 is 5.97 Å². The Morgan fingerprint density at radius 3 is 2.50 bits per heavy atom. The molecule has 1 aliphatic rings. The van der Waals surface area contributed by atoms with Crippen molar-refractivity contribution in [2.45, 2.75) is 50.7 Å². The zero-order valence-electron chi connectivity index (χ0n) is 11.5. The van der Waals surface area contributed by atoms with Crippen molar-refractivity contribution in [2.75, 3.05) is 20.3 Å². The van der Waals surface area contributed by atoms with E-state index in [2.05, 4.69) is 17.0 Å². The lowest BCUT2D eigenvalue weighted by atomic mass is 9.77. The molecule has 1 fully saturated rings. The third-order valence-electron chi connectivity index (χ3n) is 3.97. The molecule has 1 saturated carbocycles. The van der Waals surface area contributed by atoms with Crippen molar-refractivity contribution in [3.05, 3.63) is 0 Å². The molecule has 1 rings (SSSR count). The molecule has 5 heteroatoms. The Balaban J connectivity index is 2.57. The number of esters is 1. The van der Waals surface area contributed by atoms with Crippen LogP contribution in [-0.4, -0.2) is 47.6 Å². The molecule has 1 aliphatic carbocycles. The van der Waals surface area contributed by atoms with Crippen molar-refractivity contribution in [1.29, 1.82) is 0 Å². The van der Waals surface area contributed by atoms with Crippen LogP contribution in [0.3, 0.4) is 0 Å². The third-order valence-corrected chi connectivity index (χ3v) is 3.97. The number of carbonyl (C=O) groups is 1. The summed E-state index contributed by atoms with van der Waals surface area (Å²) in [5.41, 5.74) is -1.93. The molecule has 0 aliphatic heterocycles. The molecule has 0 aromatic heterocycles. The van der Waals surface area contributed by atoms with Gasteiger partial charge in [0.05, 0.1) is 13.7 Å². The highest BCUT2D eigenvalue weighted by Gasteiger charge is 2.38. The predicted octanol–water partition coefficient (Wildman–Crippen LogP) is 0.441. The summed E-state index contributed by atoms with van der Waals surface area (Å²) in [6.45, 7) is 3.74. The van der Waals surface area contributed by atoms with Gasteiger partial charge in [0, 0.05) is 12.1 Å². The highest BCUT2D eigenvalue weighted by molar-refractivity contribution is 5.78. The number of hydrogen-bond acceptors (Lipinski definition) is 5. The molecule has 0 amide bonds. The molecular formula is C13H25NO4. The molecule has 1 atom stereocenters. The summed E-state index contributed by atoms with van der Waals surface area (Å²) in [4.78, 5) is 11.4. The number of aliphatic hydroxyl groups excluding tert-OH is 1. The van der Waals surface area contributed by atoms with Gasteiger partial charge in [-0.15, -0.1) is 0 Å². The minimum Gasteiger partial charge on any atom is -0.467 e. The molecular weight excluding hydrogens is 234 g/mol. The Morgan fingerprint density at radius 2 is 2.06 bits per heavy atom. The van der Waals surface area contributed by atoms with E-state index in [9.17, 15) is 15.0 Å². The fourth-order valence-electron chi connectivity index (χ4n) is 2.36. The van der Waals surface area contributed by atoms with Crippen LogP contribution in [-0.2, 0) is 9.53 Å². The molecule has 0 radical (unpaired) electrons. The molecule has 0 saturated heterocycles. The van der Waals surface area contributed by atoms with Crippen LogP contribution in [0.5, 0.6) is 0 Å². The number of nitrogens with one attached hydrogen (secondary N) is 1. The van der Waals surface area contributed by atoms with Crippen LogP contribution in [0.1, 0.15) is 39.5 Å². The number of rotatable bonds is 5. The second-order valence-corrected chi connectivity index (χ2v) is 5.74. The van der Waals surface area contributed by atoms with Gasteiger partial charge in [-0.25, -0.2) is 4.79 Å². The van der Waals surface area contributed by atoms with Gasteiger partial charge in [0.15, 0.2) is 5.60 Å². The minimum atomic E-state index is -1.56. The van der Waals surface area contributed by atoms with Crippen molar-refractivity contribution in [1.82, 2.24) is 5.32 Å². The minimum absolute atomic E-state index is 0.0248. The van der Waals surface area contributed by atoms with E-state index in [1.807, 2.05) is 0 Å². The number of carbonyl (C=O) groups excluding carboxylic acids is 1. The fraction of sp³-hybridized carbons (Fsp3) is 0.923. The van der Waals surface area contributed by atoms with Gasteiger partial charge in [0.25, 0.3) is 0 Å². The molecule has 1 unspecified atom stereocenters.